The third kappa shape index (κ3) is 3.66. The zero-order chi connectivity index (χ0) is 36.8. The Morgan fingerprint density at radius 1 is 0.980 bits per heavy atom. The number of ether oxygens (including phenoxy) is 8. The van der Waals surface area contributed by atoms with Crippen LogP contribution in [0.5, 0.6) is 0 Å². The highest BCUT2D eigenvalue weighted by atomic mass is 16.9. The number of esters is 5. The van der Waals surface area contributed by atoms with Gasteiger partial charge in [0, 0.05) is 55.9 Å². The summed E-state index contributed by atoms with van der Waals surface area (Å²) in [7, 11) is 1.23. The van der Waals surface area contributed by atoms with E-state index in [0.717, 1.165) is 0 Å². The molecule has 278 valence electrons. The molecule has 0 aromatic carbocycles. The molecule has 0 unspecified atom stereocenters. The van der Waals surface area contributed by atoms with E-state index >= 15 is 0 Å². The summed E-state index contributed by atoms with van der Waals surface area (Å²) in [5.74, 6) is -6.85. The minimum Gasteiger partial charge on any atom is -0.472 e. The molecule has 8 rings (SSSR count). The first-order valence-electron chi connectivity index (χ1n) is 17.5. The van der Waals surface area contributed by atoms with Crippen molar-refractivity contribution in [3.8, 4) is 0 Å². The van der Waals surface area contributed by atoms with Crippen molar-refractivity contribution in [3.63, 3.8) is 0 Å². The largest absolute Gasteiger partial charge is 0.472 e. The second kappa shape index (κ2) is 10.3. The topological polar surface area (TPSA) is 193 Å². The molecule has 1 aromatic heterocycles. The Labute approximate surface area is 293 Å². The first-order valence-corrected chi connectivity index (χ1v) is 17.5. The highest BCUT2D eigenvalue weighted by Gasteiger charge is 3.05. The van der Waals surface area contributed by atoms with Crippen molar-refractivity contribution in [3.05, 3.63) is 24.2 Å². The third-order valence-electron chi connectivity index (χ3n) is 13.9. The number of furan rings is 1. The highest BCUT2D eigenvalue weighted by Crippen LogP contribution is 2.90. The maximum Gasteiger partial charge on any atom is 0.306 e. The molecule has 4 saturated carbocycles. The molecule has 4 bridgehead atoms. The summed E-state index contributed by atoms with van der Waals surface area (Å²) in [5.41, 5.74) is -10.8. The van der Waals surface area contributed by atoms with E-state index in [2.05, 4.69) is 0 Å². The first-order chi connectivity index (χ1) is 23.9. The van der Waals surface area contributed by atoms with Gasteiger partial charge >= 0.3 is 29.8 Å². The van der Waals surface area contributed by atoms with Gasteiger partial charge in [-0.05, 0) is 31.2 Å². The van der Waals surface area contributed by atoms with Gasteiger partial charge in [-0.2, -0.15) is 0 Å². The van der Waals surface area contributed by atoms with Crippen molar-refractivity contribution < 1.29 is 71.4 Å². The lowest BCUT2D eigenvalue weighted by atomic mass is 9.33. The van der Waals surface area contributed by atoms with Crippen molar-refractivity contribution >= 4 is 29.8 Å². The minimum absolute atomic E-state index is 0.0834. The number of hydrogen-bond acceptors (Lipinski definition) is 15. The van der Waals surface area contributed by atoms with Crippen LogP contribution in [0.25, 0.3) is 0 Å². The van der Waals surface area contributed by atoms with Crippen LogP contribution in [-0.2, 0) is 61.9 Å². The average Bonchev–Trinajstić information content (AvgIpc) is 3.77. The summed E-state index contributed by atoms with van der Waals surface area (Å²) < 4.78 is 56.5. The fourth-order valence-corrected chi connectivity index (χ4v) is 12.7. The monoisotopic (exact) mass is 716 g/mol. The number of aliphatic hydroxyl groups is 1. The standard InChI is InChI=1S/C36H44O15/c1-8-23(39)48-28-35(42)27(47-19(3)38)30(5)16-34(35)32(17-45-25(41)13-21(30)32)33-11-10-29(4,26(46-18(2)37)20-9-12-44-15-20)22(14-24(40)43-7)36(28,33)51-31(6,49-33)50-34/h9,12,15,21-22,26-28,42H,8,10-11,13-14,16-17H2,1-7H3/t21-,22+,26-,27-,28+,29+,30+,31+,32-,33-,34+,35-,36+/m0/s1. The Bertz CT molecular complexity index is 1730. The van der Waals surface area contributed by atoms with Crippen LogP contribution in [0.3, 0.4) is 0 Å². The summed E-state index contributed by atoms with van der Waals surface area (Å²) in [5, 5.41) is 13.8. The average molecular weight is 717 g/mol. The normalized spacial score (nSPS) is 48.6. The highest BCUT2D eigenvalue weighted by molar-refractivity contribution is 5.75. The van der Waals surface area contributed by atoms with Crippen LogP contribution in [0.1, 0.15) is 91.7 Å². The van der Waals surface area contributed by atoms with E-state index < -0.39 is 105 Å². The SMILES string of the molecule is CCC(=O)O[C@@H]1[C@@]2(O)[C@@H](OC(C)=O)[C@]3(C)C[C@]24O[C@]2(C)O[C@]15[C@H](CC(=O)OC)[C@](C)([C@@H](OC(C)=O)c1ccoc1)CC[C@]5(O2)[C@@]41COC(=O)C[C@@H]31. The molecule has 1 aromatic rings. The quantitative estimate of drug-likeness (QED) is 0.305. The van der Waals surface area contributed by atoms with Crippen LogP contribution >= 0.6 is 0 Å². The fourth-order valence-electron chi connectivity index (χ4n) is 12.7. The van der Waals surface area contributed by atoms with Crippen molar-refractivity contribution in [2.75, 3.05) is 13.7 Å². The van der Waals surface area contributed by atoms with Gasteiger partial charge in [-0.15, -0.1) is 0 Å². The van der Waals surface area contributed by atoms with E-state index in [-0.39, 0.29) is 45.1 Å². The van der Waals surface area contributed by atoms with Crippen LogP contribution in [0, 0.1) is 28.1 Å². The van der Waals surface area contributed by atoms with Crippen LogP contribution < -0.4 is 0 Å². The van der Waals surface area contributed by atoms with Gasteiger partial charge in [0.1, 0.15) is 35.6 Å². The van der Waals surface area contributed by atoms with E-state index in [9.17, 15) is 29.1 Å². The van der Waals surface area contributed by atoms with E-state index in [1.807, 2.05) is 13.8 Å². The number of carbonyl (C=O) groups is 5. The second-order valence-electron chi connectivity index (χ2n) is 16.1. The van der Waals surface area contributed by atoms with Gasteiger partial charge in [0.05, 0.1) is 31.5 Å². The third-order valence-corrected chi connectivity index (χ3v) is 13.9. The molecule has 15 nitrogen and oxygen atoms in total. The van der Waals surface area contributed by atoms with Crippen LogP contribution in [0.2, 0.25) is 0 Å². The maximum absolute atomic E-state index is 13.8. The molecule has 7 fully saturated rings. The number of methoxy groups -OCH3 is 1. The van der Waals surface area contributed by atoms with Crippen molar-refractivity contribution in [2.24, 2.45) is 28.1 Å². The lowest BCUT2D eigenvalue weighted by molar-refractivity contribution is -0.486. The van der Waals surface area contributed by atoms with Gasteiger partial charge in [-0.25, -0.2) is 0 Å². The van der Waals surface area contributed by atoms with Gasteiger partial charge in [0.2, 0.25) is 0 Å². The molecule has 13 atom stereocenters. The maximum atomic E-state index is 13.8. The Hall–Kier alpha value is -3.53. The van der Waals surface area contributed by atoms with Gasteiger partial charge in [0.25, 0.3) is 5.97 Å². The minimum atomic E-state index is -2.33. The molecule has 3 aliphatic heterocycles. The summed E-state index contributed by atoms with van der Waals surface area (Å²) in [6.07, 6.45) is -1.35. The van der Waals surface area contributed by atoms with E-state index in [1.165, 1.54) is 33.5 Å². The molecule has 0 amide bonds. The smallest absolute Gasteiger partial charge is 0.306 e. The van der Waals surface area contributed by atoms with E-state index in [4.69, 9.17) is 42.3 Å². The molecular formula is C36H44O15. The number of cyclic esters (lactones) is 1. The zero-order valence-electron chi connectivity index (χ0n) is 29.7. The van der Waals surface area contributed by atoms with Gasteiger partial charge in [0.15, 0.2) is 11.7 Å². The first kappa shape index (κ1) is 34.6. The van der Waals surface area contributed by atoms with E-state index in [1.54, 1.807) is 19.9 Å². The second-order valence-corrected chi connectivity index (χ2v) is 16.1. The molecule has 0 radical (unpaired) electrons. The number of rotatable bonds is 8. The summed E-state index contributed by atoms with van der Waals surface area (Å²) >= 11 is 0. The summed E-state index contributed by atoms with van der Waals surface area (Å²) in [6, 6.07) is 1.65. The van der Waals surface area contributed by atoms with E-state index in [0.29, 0.717) is 5.56 Å². The summed E-state index contributed by atoms with van der Waals surface area (Å²) in [6.45, 7) is 9.07. The van der Waals surface area contributed by atoms with Crippen molar-refractivity contribution in [2.45, 2.75) is 127 Å². The number of fused-ring (bicyclic) bond motifs is 3. The number of hydrogen-bond donors (Lipinski definition) is 1. The predicted molar refractivity (Wildman–Crippen MR) is 165 cm³/mol. The molecule has 3 spiro atoms. The molecular weight excluding hydrogens is 672 g/mol. The Balaban J connectivity index is 1.49. The van der Waals surface area contributed by atoms with Crippen LogP contribution in [-0.4, -0.2) is 89.3 Å². The van der Waals surface area contributed by atoms with Gasteiger partial charge in [-0.1, -0.05) is 20.8 Å². The molecule has 15 heteroatoms. The molecule has 51 heavy (non-hydrogen) atoms. The van der Waals surface area contributed by atoms with Crippen molar-refractivity contribution in [1.82, 2.24) is 0 Å². The zero-order valence-corrected chi connectivity index (χ0v) is 29.7. The molecule has 4 heterocycles. The van der Waals surface area contributed by atoms with Gasteiger partial charge < -0.3 is 47.4 Å². The fraction of sp³-hybridized carbons (Fsp3) is 0.750. The molecule has 7 aliphatic rings. The predicted octanol–water partition coefficient (Wildman–Crippen LogP) is 2.80. The Morgan fingerprint density at radius 3 is 2.33 bits per heavy atom. The lowest BCUT2D eigenvalue weighted by Crippen LogP contribution is -2.95. The lowest BCUT2D eigenvalue weighted by Gasteiger charge is -2.77. The van der Waals surface area contributed by atoms with Crippen LogP contribution in [0.4, 0.5) is 0 Å². The van der Waals surface area contributed by atoms with Crippen LogP contribution in [0.15, 0.2) is 23.0 Å². The Morgan fingerprint density at radius 2 is 1.71 bits per heavy atom. The molecule has 3 saturated heterocycles. The van der Waals surface area contributed by atoms with Gasteiger partial charge in [-0.3, -0.25) is 24.0 Å². The molecule has 1 N–H and O–H groups in total. The Kier molecular flexibility index (Phi) is 6.99. The summed E-state index contributed by atoms with van der Waals surface area (Å²) in [4.78, 5) is 66.4. The van der Waals surface area contributed by atoms with Crippen molar-refractivity contribution in [1.29, 1.82) is 0 Å². The number of carbonyl (C=O) groups excluding carboxylic acids is 5. The molecule has 4 aliphatic carbocycles.